The van der Waals surface area contributed by atoms with Crippen LogP contribution in [0.3, 0.4) is 0 Å². The van der Waals surface area contributed by atoms with E-state index in [1.54, 1.807) is 6.92 Å². The van der Waals surface area contributed by atoms with Gasteiger partial charge in [0.25, 0.3) is 0 Å². The number of benzene rings is 1. The molecule has 0 amide bonds. The third kappa shape index (κ3) is 2.32. The molecule has 0 saturated carbocycles. The van der Waals surface area contributed by atoms with Gasteiger partial charge in [-0.3, -0.25) is 0 Å². The maximum absolute atomic E-state index is 13.2. The minimum Gasteiger partial charge on any atom is -0.491 e. The summed E-state index contributed by atoms with van der Waals surface area (Å²) in [5, 5.41) is 8.78. The Balaban J connectivity index is 3.09. The third-order valence-corrected chi connectivity index (χ3v) is 1.81. The Labute approximate surface area is 80.9 Å². The highest BCUT2D eigenvalue weighted by Crippen LogP contribution is 2.26. The lowest BCUT2D eigenvalue weighted by Gasteiger charge is -2.07. The molecule has 0 bridgehead atoms. The molecule has 0 unspecified atom stereocenters. The van der Waals surface area contributed by atoms with Crippen molar-refractivity contribution in [2.45, 2.75) is 13.5 Å². The van der Waals surface area contributed by atoms with Crippen molar-refractivity contribution in [3.8, 4) is 5.75 Å². The fourth-order valence-electron chi connectivity index (χ4n) is 0.969. The highest BCUT2D eigenvalue weighted by molar-refractivity contribution is 6.30. The lowest BCUT2D eigenvalue weighted by molar-refractivity contribution is 0.278. The van der Waals surface area contributed by atoms with Crippen LogP contribution in [0.25, 0.3) is 0 Å². The standard InChI is InChI=1S/C9H10ClFO2/c1-2-13-8-4-6(5-12)3-7(10)9(8)11/h3-4,12H,2,5H2,1H3. The first-order valence-corrected chi connectivity index (χ1v) is 4.28. The first kappa shape index (κ1) is 10.3. The van der Waals surface area contributed by atoms with Crippen LogP contribution >= 0.6 is 11.6 Å². The van der Waals surface area contributed by atoms with Crippen molar-refractivity contribution in [2.24, 2.45) is 0 Å². The average molecular weight is 205 g/mol. The number of hydrogen-bond donors (Lipinski definition) is 1. The van der Waals surface area contributed by atoms with Crippen LogP contribution in [0.2, 0.25) is 5.02 Å². The molecule has 2 nitrogen and oxygen atoms in total. The van der Waals surface area contributed by atoms with Crippen molar-refractivity contribution >= 4 is 11.6 Å². The second-order valence-corrected chi connectivity index (χ2v) is 2.89. The molecule has 0 saturated heterocycles. The largest absolute Gasteiger partial charge is 0.491 e. The lowest BCUT2D eigenvalue weighted by Crippen LogP contribution is -1.97. The normalized spacial score (nSPS) is 10.2. The molecule has 1 aromatic rings. The Morgan fingerprint density at radius 1 is 1.54 bits per heavy atom. The minimum absolute atomic E-state index is 0.0324. The second kappa shape index (κ2) is 4.44. The Bertz CT molecular complexity index is 302. The number of ether oxygens (including phenoxy) is 1. The molecular formula is C9H10ClFO2. The molecule has 0 heterocycles. The molecule has 0 aliphatic rings. The summed E-state index contributed by atoms with van der Waals surface area (Å²) < 4.78 is 18.2. The van der Waals surface area contributed by atoms with E-state index in [-0.39, 0.29) is 17.4 Å². The van der Waals surface area contributed by atoms with Gasteiger partial charge in [0.1, 0.15) is 0 Å². The van der Waals surface area contributed by atoms with Crippen LogP contribution in [0.5, 0.6) is 5.75 Å². The third-order valence-electron chi connectivity index (χ3n) is 1.54. The van der Waals surface area contributed by atoms with E-state index in [0.29, 0.717) is 12.2 Å². The lowest BCUT2D eigenvalue weighted by atomic mass is 10.2. The Morgan fingerprint density at radius 3 is 2.77 bits per heavy atom. The molecule has 1 rings (SSSR count). The summed E-state index contributed by atoms with van der Waals surface area (Å²) in [6.07, 6.45) is 0. The Morgan fingerprint density at radius 2 is 2.23 bits per heavy atom. The van der Waals surface area contributed by atoms with Crippen LogP contribution in [0, 0.1) is 5.82 Å². The number of halogens is 2. The molecule has 0 aliphatic heterocycles. The monoisotopic (exact) mass is 204 g/mol. The van der Waals surface area contributed by atoms with Gasteiger partial charge in [-0.05, 0) is 24.6 Å². The molecule has 1 aromatic carbocycles. The number of aliphatic hydroxyl groups excluding tert-OH is 1. The summed E-state index contributed by atoms with van der Waals surface area (Å²) in [6.45, 7) is 1.93. The molecule has 13 heavy (non-hydrogen) atoms. The van der Waals surface area contributed by atoms with E-state index < -0.39 is 5.82 Å². The minimum atomic E-state index is -0.583. The van der Waals surface area contributed by atoms with Crippen LogP contribution in [0.1, 0.15) is 12.5 Å². The van der Waals surface area contributed by atoms with Crippen LogP contribution in [-0.4, -0.2) is 11.7 Å². The van der Waals surface area contributed by atoms with Crippen LogP contribution in [0.4, 0.5) is 4.39 Å². The van der Waals surface area contributed by atoms with Crippen molar-refractivity contribution in [1.29, 1.82) is 0 Å². The zero-order valence-electron chi connectivity index (χ0n) is 7.18. The molecule has 0 radical (unpaired) electrons. The topological polar surface area (TPSA) is 29.5 Å². The number of aliphatic hydroxyl groups is 1. The summed E-state index contributed by atoms with van der Waals surface area (Å²) in [6, 6.07) is 2.81. The second-order valence-electron chi connectivity index (χ2n) is 2.48. The first-order chi connectivity index (χ1) is 6.19. The van der Waals surface area contributed by atoms with Crippen molar-refractivity contribution in [3.05, 3.63) is 28.5 Å². The van der Waals surface area contributed by atoms with E-state index in [1.165, 1.54) is 12.1 Å². The van der Waals surface area contributed by atoms with Gasteiger partial charge in [-0.1, -0.05) is 11.6 Å². The van der Waals surface area contributed by atoms with Crippen molar-refractivity contribution in [3.63, 3.8) is 0 Å². The first-order valence-electron chi connectivity index (χ1n) is 3.90. The predicted molar refractivity (Wildman–Crippen MR) is 48.5 cm³/mol. The highest BCUT2D eigenvalue weighted by Gasteiger charge is 2.09. The van der Waals surface area contributed by atoms with Gasteiger partial charge in [0.05, 0.1) is 18.2 Å². The maximum atomic E-state index is 13.2. The van der Waals surface area contributed by atoms with Crippen LogP contribution in [-0.2, 0) is 6.61 Å². The van der Waals surface area contributed by atoms with Gasteiger partial charge in [0.15, 0.2) is 11.6 Å². The van der Waals surface area contributed by atoms with Gasteiger partial charge in [-0.25, -0.2) is 4.39 Å². The van der Waals surface area contributed by atoms with E-state index in [9.17, 15) is 4.39 Å². The van der Waals surface area contributed by atoms with E-state index in [1.807, 2.05) is 0 Å². The molecule has 1 N–H and O–H groups in total. The molecular weight excluding hydrogens is 195 g/mol. The highest BCUT2D eigenvalue weighted by atomic mass is 35.5. The fraction of sp³-hybridized carbons (Fsp3) is 0.333. The fourth-order valence-corrected chi connectivity index (χ4v) is 1.20. The van der Waals surface area contributed by atoms with E-state index in [2.05, 4.69) is 0 Å². The van der Waals surface area contributed by atoms with Gasteiger partial charge < -0.3 is 9.84 Å². The van der Waals surface area contributed by atoms with Gasteiger partial charge in [-0.15, -0.1) is 0 Å². The van der Waals surface area contributed by atoms with Crippen molar-refractivity contribution in [1.82, 2.24) is 0 Å². The van der Waals surface area contributed by atoms with E-state index in [4.69, 9.17) is 21.4 Å². The SMILES string of the molecule is CCOc1cc(CO)cc(Cl)c1F. The molecule has 4 heteroatoms. The summed E-state index contributed by atoms with van der Waals surface area (Å²) in [5.41, 5.74) is 0.537. The smallest absolute Gasteiger partial charge is 0.183 e. The predicted octanol–water partition coefficient (Wildman–Crippen LogP) is 2.37. The van der Waals surface area contributed by atoms with Crippen molar-refractivity contribution < 1.29 is 14.2 Å². The van der Waals surface area contributed by atoms with Gasteiger partial charge in [0.2, 0.25) is 0 Å². The van der Waals surface area contributed by atoms with Crippen molar-refractivity contribution in [2.75, 3.05) is 6.61 Å². The molecule has 0 spiro atoms. The number of hydrogen-bond acceptors (Lipinski definition) is 2. The summed E-state index contributed by atoms with van der Waals surface area (Å²) in [4.78, 5) is 0. The van der Waals surface area contributed by atoms with Crippen LogP contribution < -0.4 is 4.74 Å². The zero-order valence-corrected chi connectivity index (χ0v) is 7.94. The molecule has 0 fully saturated rings. The molecule has 72 valence electrons. The summed E-state index contributed by atoms with van der Waals surface area (Å²) >= 11 is 5.57. The quantitative estimate of drug-likeness (QED) is 0.819. The molecule has 0 aromatic heterocycles. The maximum Gasteiger partial charge on any atom is 0.183 e. The summed E-state index contributed by atoms with van der Waals surface area (Å²) in [5.74, 6) is -0.500. The Hall–Kier alpha value is -0.800. The van der Waals surface area contributed by atoms with Gasteiger partial charge in [-0.2, -0.15) is 0 Å². The zero-order chi connectivity index (χ0) is 9.84. The van der Waals surface area contributed by atoms with Gasteiger partial charge in [0, 0.05) is 0 Å². The number of rotatable bonds is 3. The van der Waals surface area contributed by atoms with Crippen LogP contribution in [0.15, 0.2) is 12.1 Å². The molecule has 0 aliphatic carbocycles. The van der Waals surface area contributed by atoms with Gasteiger partial charge >= 0.3 is 0 Å². The van der Waals surface area contributed by atoms with E-state index >= 15 is 0 Å². The summed E-state index contributed by atoms with van der Waals surface area (Å²) in [7, 11) is 0. The average Bonchev–Trinajstić information content (AvgIpc) is 2.13. The Kier molecular flexibility index (Phi) is 3.51. The van der Waals surface area contributed by atoms with E-state index in [0.717, 1.165) is 0 Å². The molecule has 0 atom stereocenters.